The van der Waals surface area contributed by atoms with Crippen molar-refractivity contribution in [2.45, 2.75) is 49.6 Å². The van der Waals surface area contributed by atoms with Crippen molar-refractivity contribution < 1.29 is 22.4 Å². The Morgan fingerprint density at radius 3 is 2.34 bits per heavy atom. The Hall–Kier alpha value is -3.16. The highest BCUT2D eigenvalue weighted by atomic mass is 19.4. The van der Waals surface area contributed by atoms with Crippen LogP contribution in [0.4, 0.5) is 23.2 Å². The number of amides is 1. The molecule has 32 heavy (non-hydrogen) atoms. The van der Waals surface area contributed by atoms with Crippen LogP contribution in [0.25, 0.3) is 5.69 Å². The van der Waals surface area contributed by atoms with Crippen molar-refractivity contribution in [2.75, 3.05) is 5.32 Å². The van der Waals surface area contributed by atoms with Gasteiger partial charge in [0.15, 0.2) is 11.5 Å². The number of nitrogens with zero attached hydrogens (tertiary/aromatic N) is 2. The quantitative estimate of drug-likeness (QED) is 0.494. The van der Waals surface area contributed by atoms with Crippen molar-refractivity contribution in [2.24, 2.45) is 0 Å². The lowest BCUT2D eigenvalue weighted by molar-refractivity contribution is -0.141. The summed E-state index contributed by atoms with van der Waals surface area (Å²) in [5.41, 5.74) is -0.210. The number of anilines is 1. The first kappa shape index (κ1) is 20.7. The number of aromatic nitrogens is 2. The first-order valence-corrected chi connectivity index (χ1v) is 10.6. The van der Waals surface area contributed by atoms with Gasteiger partial charge in [-0.2, -0.15) is 18.3 Å². The van der Waals surface area contributed by atoms with E-state index in [1.807, 2.05) is 30.3 Å². The molecule has 3 aromatic rings. The van der Waals surface area contributed by atoms with E-state index in [4.69, 9.17) is 0 Å². The van der Waals surface area contributed by atoms with Gasteiger partial charge >= 0.3 is 6.18 Å². The van der Waals surface area contributed by atoms with Gasteiger partial charge in [-0.1, -0.05) is 36.8 Å². The second kappa shape index (κ2) is 7.46. The van der Waals surface area contributed by atoms with Crippen molar-refractivity contribution >= 4 is 11.6 Å². The van der Waals surface area contributed by atoms with Crippen LogP contribution in [0.3, 0.4) is 0 Å². The van der Waals surface area contributed by atoms with E-state index in [1.54, 1.807) is 0 Å². The molecule has 1 amide bonds. The minimum absolute atomic E-state index is 0.0540. The zero-order valence-corrected chi connectivity index (χ0v) is 17.1. The molecule has 2 saturated carbocycles. The Kier molecular flexibility index (Phi) is 4.83. The van der Waals surface area contributed by atoms with E-state index in [2.05, 4.69) is 10.4 Å². The van der Waals surface area contributed by atoms with Crippen LogP contribution in [0.2, 0.25) is 0 Å². The molecule has 0 spiro atoms. The summed E-state index contributed by atoms with van der Waals surface area (Å²) in [6, 6.07) is 14.5. The largest absolute Gasteiger partial charge is 0.435 e. The van der Waals surface area contributed by atoms with Gasteiger partial charge in [-0.3, -0.25) is 4.79 Å². The highest BCUT2D eigenvalue weighted by Crippen LogP contribution is 2.45. The molecule has 166 valence electrons. The van der Waals surface area contributed by atoms with Crippen molar-refractivity contribution in [3.8, 4) is 5.69 Å². The van der Waals surface area contributed by atoms with Gasteiger partial charge in [-0.25, -0.2) is 9.07 Å². The molecule has 0 aliphatic heterocycles. The smallest absolute Gasteiger partial charge is 0.325 e. The number of rotatable bonds is 5. The summed E-state index contributed by atoms with van der Waals surface area (Å²) in [5.74, 6) is -1.01. The summed E-state index contributed by atoms with van der Waals surface area (Å²) in [5, 5.41) is 6.42. The fourth-order valence-corrected chi connectivity index (χ4v) is 4.34. The average molecular weight is 443 g/mol. The lowest BCUT2D eigenvalue weighted by atomic mass is 9.64. The van der Waals surface area contributed by atoms with Crippen molar-refractivity contribution in [1.82, 2.24) is 9.78 Å². The number of carbonyl (C=O) groups excluding carboxylic acids is 1. The third kappa shape index (κ3) is 3.57. The van der Waals surface area contributed by atoms with E-state index >= 15 is 0 Å². The van der Waals surface area contributed by atoms with Gasteiger partial charge in [-0.05, 0) is 55.5 Å². The molecule has 2 aliphatic rings. The van der Waals surface area contributed by atoms with Crippen LogP contribution in [0.5, 0.6) is 0 Å². The molecule has 2 aromatic carbocycles. The number of hydrogen-bond donors (Lipinski definition) is 1. The monoisotopic (exact) mass is 443 g/mol. The fraction of sp³-hybridized carbons (Fsp3) is 0.333. The van der Waals surface area contributed by atoms with E-state index < -0.39 is 23.1 Å². The van der Waals surface area contributed by atoms with Crippen molar-refractivity contribution in [3.63, 3.8) is 0 Å². The number of halogens is 4. The summed E-state index contributed by atoms with van der Waals surface area (Å²) >= 11 is 0. The molecule has 2 fully saturated rings. The van der Waals surface area contributed by atoms with E-state index in [0.29, 0.717) is 18.5 Å². The summed E-state index contributed by atoms with van der Waals surface area (Å²) in [6.07, 6.45) is -0.752. The van der Waals surface area contributed by atoms with Crippen molar-refractivity contribution in [3.05, 3.63) is 77.4 Å². The van der Waals surface area contributed by atoms with Crippen LogP contribution in [0.15, 0.2) is 54.6 Å². The van der Waals surface area contributed by atoms with Gasteiger partial charge in [0, 0.05) is 17.3 Å². The highest BCUT2D eigenvalue weighted by molar-refractivity contribution is 6.00. The fourth-order valence-electron chi connectivity index (χ4n) is 4.34. The number of benzene rings is 2. The maximum absolute atomic E-state index is 15.0. The Morgan fingerprint density at radius 2 is 1.78 bits per heavy atom. The Bertz CT molecular complexity index is 1160. The summed E-state index contributed by atoms with van der Waals surface area (Å²) in [7, 11) is 0. The lowest BCUT2D eigenvalue weighted by Crippen LogP contribution is -2.46. The van der Waals surface area contributed by atoms with Crippen molar-refractivity contribution in [1.29, 1.82) is 0 Å². The molecule has 0 unspecified atom stereocenters. The van der Waals surface area contributed by atoms with Gasteiger partial charge in [0.05, 0.1) is 5.41 Å². The molecule has 0 bridgehead atoms. The number of alkyl halides is 3. The molecule has 4 nitrogen and oxygen atoms in total. The molecule has 5 rings (SSSR count). The summed E-state index contributed by atoms with van der Waals surface area (Å²) < 4.78 is 55.5. The van der Waals surface area contributed by atoms with Crippen LogP contribution in [-0.4, -0.2) is 15.7 Å². The predicted octanol–water partition coefficient (Wildman–Crippen LogP) is 5.97. The maximum atomic E-state index is 15.0. The van der Waals surface area contributed by atoms with Crippen LogP contribution in [0.1, 0.15) is 55.0 Å². The molecule has 0 saturated heterocycles. The average Bonchev–Trinajstić information content (AvgIpc) is 3.45. The molecule has 2 aliphatic carbocycles. The second-order valence-electron chi connectivity index (χ2n) is 8.56. The van der Waals surface area contributed by atoms with Crippen LogP contribution < -0.4 is 5.32 Å². The van der Waals surface area contributed by atoms with Gasteiger partial charge < -0.3 is 5.32 Å². The number of carbonyl (C=O) groups is 1. The zero-order valence-electron chi connectivity index (χ0n) is 17.1. The van der Waals surface area contributed by atoms with E-state index in [0.717, 1.165) is 41.6 Å². The van der Waals surface area contributed by atoms with E-state index in [9.17, 15) is 22.4 Å². The third-order valence-corrected chi connectivity index (χ3v) is 6.42. The maximum Gasteiger partial charge on any atom is 0.435 e. The van der Waals surface area contributed by atoms with Gasteiger partial charge in [-0.15, -0.1) is 0 Å². The molecule has 1 aromatic heterocycles. The molecule has 1 N–H and O–H groups in total. The summed E-state index contributed by atoms with van der Waals surface area (Å²) in [4.78, 5) is 13.1. The standard InChI is InChI=1S/C24H21F4N3O/c25-18-13-17(29-22(32)23(11-4-12-23)16-5-2-1-3-6-16)9-10-19(18)31-20(15-7-8-15)14-21(30-31)24(26,27)28/h1-3,5-6,9-10,13-15H,4,7-8,11-12H2,(H,29,32). The zero-order chi connectivity index (χ0) is 22.5. The molecular formula is C24H21F4N3O. The Morgan fingerprint density at radius 1 is 1.06 bits per heavy atom. The molecule has 8 heteroatoms. The predicted molar refractivity (Wildman–Crippen MR) is 111 cm³/mol. The van der Waals surface area contributed by atoms with Gasteiger partial charge in [0.1, 0.15) is 5.69 Å². The molecule has 0 atom stereocenters. The van der Waals surface area contributed by atoms with E-state index in [1.165, 1.54) is 12.1 Å². The Balaban J connectivity index is 1.42. The van der Waals surface area contributed by atoms with Gasteiger partial charge in [0.2, 0.25) is 5.91 Å². The minimum atomic E-state index is -4.60. The third-order valence-electron chi connectivity index (χ3n) is 6.42. The first-order chi connectivity index (χ1) is 15.3. The second-order valence-corrected chi connectivity index (χ2v) is 8.56. The molecule has 0 radical (unpaired) electrons. The topological polar surface area (TPSA) is 46.9 Å². The van der Waals surface area contributed by atoms with Crippen LogP contribution >= 0.6 is 0 Å². The Labute approximate surface area is 182 Å². The SMILES string of the molecule is O=C(Nc1ccc(-n2nc(C(F)(F)F)cc2C2CC2)c(F)c1)C1(c2ccccc2)CCC1. The minimum Gasteiger partial charge on any atom is -0.325 e. The molecule has 1 heterocycles. The lowest BCUT2D eigenvalue weighted by Gasteiger charge is -2.40. The first-order valence-electron chi connectivity index (χ1n) is 10.6. The molecular weight excluding hydrogens is 422 g/mol. The highest BCUT2D eigenvalue weighted by Gasteiger charge is 2.45. The number of nitrogens with one attached hydrogen (secondary N) is 1. The number of hydrogen-bond acceptors (Lipinski definition) is 2. The van der Waals surface area contributed by atoms with Gasteiger partial charge in [0.25, 0.3) is 0 Å². The van der Waals surface area contributed by atoms with Crippen LogP contribution in [-0.2, 0) is 16.4 Å². The van der Waals surface area contributed by atoms with E-state index in [-0.39, 0.29) is 23.2 Å². The summed E-state index contributed by atoms with van der Waals surface area (Å²) in [6.45, 7) is 0. The normalized spacial score (nSPS) is 17.6. The van der Waals surface area contributed by atoms with Crippen LogP contribution in [0, 0.1) is 5.82 Å².